The Morgan fingerprint density at radius 2 is 1.89 bits per heavy atom. The van der Waals surface area contributed by atoms with Crippen molar-refractivity contribution in [2.45, 2.75) is 26.4 Å². The molecular weight excluding hydrogens is 236 g/mol. The minimum atomic E-state index is 0.802. The lowest BCUT2D eigenvalue weighted by atomic mass is 10.1. The normalized spacial score (nSPS) is 10.4. The molecule has 1 heterocycles. The van der Waals surface area contributed by atoms with Crippen molar-refractivity contribution in [3.63, 3.8) is 0 Å². The lowest BCUT2D eigenvalue weighted by molar-refractivity contribution is 0.414. The number of aryl methyl sites for hydroxylation is 1. The number of ether oxygens (including phenoxy) is 1. The summed E-state index contributed by atoms with van der Waals surface area (Å²) >= 11 is 0. The van der Waals surface area contributed by atoms with Crippen molar-refractivity contribution < 1.29 is 4.74 Å². The van der Waals surface area contributed by atoms with Crippen LogP contribution in [0.15, 0.2) is 42.6 Å². The maximum absolute atomic E-state index is 5.14. The van der Waals surface area contributed by atoms with Gasteiger partial charge >= 0.3 is 0 Å². The minimum Gasteiger partial charge on any atom is -0.497 e. The molecule has 0 atom stereocenters. The maximum Gasteiger partial charge on any atom is 0.118 e. The largest absolute Gasteiger partial charge is 0.497 e. The third-order valence-corrected chi connectivity index (χ3v) is 3.15. The van der Waals surface area contributed by atoms with Crippen LogP contribution >= 0.6 is 0 Å². The third-order valence-electron chi connectivity index (χ3n) is 3.15. The summed E-state index contributed by atoms with van der Waals surface area (Å²) in [6, 6.07) is 12.2. The summed E-state index contributed by atoms with van der Waals surface area (Å²) < 4.78 is 5.14. The highest BCUT2D eigenvalue weighted by atomic mass is 16.5. The van der Waals surface area contributed by atoms with Crippen LogP contribution in [0.1, 0.15) is 23.7 Å². The van der Waals surface area contributed by atoms with E-state index in [4.69, 9.17) is 4.74 Å². The first-order valence-corrected chi connectivity index (χ1v) is 6.60. The first kappa shape index (κ1) is 13.6. The summed E-state index contributed by atoms with van der Waals surface area (Å²) in [5.74, 6) is 0.891. The van der Waals surface area contributed by atoms with Crippen LogP contribution in [0.2, 0.25) is 0 Å². The molecule has 0 aliphatic rings. The third kappa shape index (κ3) is 3.80. The van der Waals surface area contributed by atoms with Crippen LogP contribution in [0.3, 0.4) is 0 Å². The summed E-state index contributed by atoms with van der Waals surface area (Å²) in [6.07, 6.45) is 2.87. The zero-order valence-electron chi connectivity index (χ0n) is 11.5. The van der Waals surface area contributed by atoms with Gasteiger partial charge in [0.25, 0.3) is 0 Å². The topological polar surface area (TPSA) is 34.2 Å². The molecule has 1 aromatic heterocycles. The fraction of sp³-hybridized carbons (Fsp3) is 0.312. The molecule has 100 valence electrons. The van der Waals surface area contributed by atoms with E-state index in [0.29, 0.717) is 0 Å². The van der Waals surface area contributed by atoms with E-state index in [0.717, 1.165) is 31.0 Å². The molecule has 3 nitrogen and oxygen atoms in total. The van der Waals surface area contributed by atoms with Gasteiger partial charge in [-0.2, -0.15) is 0 Å². The van der Waals surface area contributed by atoms with Crippen LogP contribution in [0.4, 0.5) is 0 Å². The summed E-state index contributed by atoms with van der Waals surface area (Å²) in [5, 5.41) is 3.43. The molecule has 1 N–H and O–H groups in total. The molecule has 2 rings (SSSR count). The van der Waals surface area contributed by atoms with E-state index in [2.05, 4.69) is 35.4 Å². The standard InChI is InChI=1S/C16H20N2O/c1-3-14-5-4-10-18-16(14)12-17-11-13-6-8-15(19-2)9-7-13/h4-10,17H,3,11-12H2,1-2H3. The Hall–Kier alpha value is -1.87. The van der Waals surface area contributed by atoms with Crippen LogP contribution in [0.5, 0.6) is 5.75 Å². The van der Waals surface area contributed by atoms with E-state index in [-0.39, 0.29) is 0 Å². The van der Waals surface area contributed by atoms with Gasteiger partial charge in [0.15, 0.2) is 0 Å². The fourth-order valence-electron chi connectivity index (χ4n) is 2.02. The predicted octanol–water partition coefficient (Wildman–Crippen LogP) is 2.94. The van der Waals surface area contributed by atoms with Gasteiger partial charge in [0.2, 0.25) is 0 Å². The molecule has 3 heteroatoms. The number of hydrogen-bond acceptors (Lipinski definition) is 3. The number of hydrogen-bond donors (Lipinski definition) is 1. The number of pyridine rings is 1. The molecule has 0 fully saturated rings. The van der Waals surface area contributed by atoms with Gasteiger partial charge < -0.3 is 10.1 Å². The van der Waals surface area contributed by atoms with Crippen LogP contribution < -0.4 is 10.1 Å². The molecule has 0 aliphatic heterocycles. The number of rotatable bonds is 6. The molecule has 0 spiro atoms. The second-order valence-electron chi connectivity index (χ2n) is 4.41. The lowest BCUT2D eigenvalue weighted by Crippen LogP contribution is -2.15. The van der Waals surface area contributed by atoms with Gasteiger partial charge in [-0.3, -0.25) is 4.98 Å². The highest BCUT2D eigenvalue weighted by Crippen LogP contribution is 2.11. The first-order chi connectivity index (χ1) is 9.33. The smallest absolute Gasteiger partial charge is 0.118 e. The zero-order chi connectivity index (χ0) is 13.5. The quantitative estimate of drug-likeness (QED) is 0.863. The molecule has 0 aliphatic carbocycles. The highest BCUT2D eigenvalue weighted by molar-refractivity contribution is 5.27. The van der Waals surface area contributed by atoms with Crippen molar-refractivity contribution >= 4 is 0 Å². The van der Waals surface area contributed by atoms with Gasteiger partial charge in [0, 0.05) is 19.3 Å². The van der Waals surface area contributed by atoms with Gasteiger partial charge in [-0.1, -0.05) is 25.1 Å². The first-order valence-electron chi connectivity index (χ1n) is 6.60. The van der Waals surface area contributed by atoms with Crippen LogP contribution in [0, 0.1) is 0 Å². The second kappa shape index (κ2) is 6.90. The molecule has 19 heavy (non-hydrogen) atoms. The average Bonchev–Trinajstić information content (AvgIpc) is 2.48. The van der Waals surface area contributed by atoms with Crippen LogP contribution in [-0.4, -0.2) is 12.1 Å². The lowest BCUT2D eigenvalue weighted by Gasteiger charge is -2.08. The van der Waals surface area contributed by atoms with E-state index in [1.54, 1.807) is 7.11 Å². The number of nitrogens with one attached hydrogen (secondary N) is 1. The van der Waals surface area contributed by atoms with E-state index in [1.165, 1.54) is 11.1 Å². The van der Waals surface area contributed by atoms with Crippen molar-refractivity contribution in [1.82, 2.24) is 10.3 Å². The Morgan fingerprint density at radius 1 is 1.11 bits per heavy atom. The minimum absolute atomic E-state index is 0.802. The molecule has 1 aromatic carbocycles. The summed E-state index contributed by atoms with van der Waals surface area (Å²) in [6.45, 7) is 3.80. The summed E-state index contributed by atoms with van der Waals surface area (Å²) in [5.41, 5.74) is 3.69. The Morgan fingerprint density at radius 3 is 2.58 bits per heavy atom. The van der Waals surface area contributed by atoms with Gasteiger partial charge in [0.05, 0.1) is 12.8 Å². The zero-order valence-corrected chi connectivity index (χ0v) is 11.5. The Labute approximate surface area is 114 Å². The number of methoxy groups -OCH3 is 1. The van der Waals surface area contributed by atoms with Crippen molar-refractivity contribution in [2.75, 3.05) is 7.11 Å². The predicted molar refractivity (Wildman–Crippen MR) is 77.2 cm³/mol. The molecule has 0 unspecified atom stereocenters. The molecule has 2 aromatic rings. The molecule has 0 saturated carbocycles. The van der Waals surface area contributed by atoms with E-state index >= 15 is 0 Å². The Kier molecular flexibility index (Phi) is 4.93. The Bertz CT molecular complexity index is 508. The van der Waals surface area contributed by atoms with E-state index in [9.17, 15) is 0 Å². The molecule has 0 saturated heterocycles. The van der Waals surface area contributed by atoms with Crippen molar-refractivity contribution in [3.8, 4) is 5.75 Å². The van der Waals surface area contributed by atoms with Crippen molar-refractivity contribution in [2.24, 2.45) is 0 Å². The van der Waals surface area contributed by atoms with Gasteiger partial charge in [0.1, 0.15) is 5.75 Å². The molecule has 0 bridgehead atoms. The summed E-state index contributed by atoms with van der Waals surface area (Å²) in [7, 11) is 1.68. The monoisotopic (exact) mass is 256 g/mol. The van der Waals surface area contributed by atoms with Crippen molar-refractivity contribution in [3.05, 3.63) is 59.4 Å². The van der Waals surface area contributed by atoms with Crippen LogP contribution in [0.25, 0.3) is 0 Å². The molecule has 0 amide bonds. The Balaban J connectivity index is 1.88. The number of benzene rings is 1. The maximum atomic E-state index is 5.14. The number of aromatic nitrogens is 1. The SMILES string of the molecule is CCc1cccnc1CNCc1ccc(OC)cc1. The van der Waals surface area contributed by atoms with Crippen molar-refractivity contribution in [1.29, 1.82) is 0 Å². The van der Waals surface area contributed by atoms with E-state index in [1.807, 2.05) is 24.4 Å². The van der Waals surface area contributed by atoms with E-state index < -0.39 is 0 Å². The summed E-state index contributed by atoms with van der Waals surface area (Å²) in [4.78, 5) is 4.43. The van der Waals surface area contributed by atoms with Gasteiger partial charge in [-0.15, -0.1) is 0 Å². The van der Waals surface area contributed by atoms with Gasteiger partial charge in [-0.25, -0.2) is 0 Å². The average molecular weight is 256 g/mol. The van der Waals surface area contributed by atoms with Gasteiger partial charge in [-0.05, 0) is 35.7 Å². The second-order valence-corrected chi connectivity index (χ2v) is 4.41. The van der Waals surface area contributed by atoms with Crippen LogP contribution in [-0.2, 0) is 19.5 Å². The molecular formula is C16H20N2O. The molecule has 0 radical (unpaired) electrons. The number of nitrogens with zero attached hydrogens (tertiary/aromatic N) is 1. The highest BCUT2D eigenvalue weighted by Gasteiger charge is 2.01. The fourth-order valence-corrected chi connectivity index (χ4v) is 2.02.